The lowest BCUT2D eigenvalue weighted by atomic mass is 9.92. The monoisotopic (exact) mass is 234 g/mol. The molecular formula is C13H18N2O2. The number of nitrogens with two attached hydrogens (primary N) is 1. The minimum absolute atomic E-state index is 0.217. The lowest BCUT2D eigenvalue weighted by Crippen LogP contribution is -2.26. The van der Waals surface area contributed by atoms with E-state index < -0.39 is 0 Å². The third-order valence-corrected chi connectivity index (χ3v) is 3.81. The quantitative estimate of drug-likeness (QED) is 0.645. The maximum Gasteiger partial charge on any atom is 0.272 e. The molecule has 2 N–H and O–H groups in total. The van der Waals surface area contributed by atoms with Gasteiger partial charge < -0.3 is 5.73 Å². The first-order valence-electron chi connectivity index (χ1n) is 6.08. The fraction of sp³-hybridized carbons (Fsp3) is 0.538. The van der Waals surface area contributed by atoms with Gasteiger partial charge in [0.15, 0.2) is 0 Å². The van der Waals surface area contributed by atoms with Crippen LogP contribution in [0.15, 0.2) is 18.2 Å². The third-order valence-electron chi connectivity index (χ3n) is 3.81. The van der Waals surface area contributed by atoms with Crippen molar-refractivity contribution in [2.45, 2.75) is 38.6 Å². The molecule has 1 aliphatic carbocycles. The third kappa shape index (κ3) is 2.47. The number of rotatable bonds is 3. The first-order valence-corrected chi connectivity index (χ1v) is 6.08. The molecular weight excluding hydrogens is 216 g/mol. The maximum absolute atomic E-state index is 10.9. The second-order valence-electron chi connectivity index (χ2n) is 4.88. The molecule has 2 rings (SSSR count). The summed E-state index contributed by atoms with van der Waals surface area (Å²) >= 11 is 0. The Morgan fingerprint density at radius 2 is 2.24 bits per heavy atom. The molecule has 1 aliphatic rings. The standard InChI is InChI=1S/C13H18N2O2/c1-9-10(4-3-7-13(9)15(16)17)8-11-5-2-6-12(11)14/h3-4,7,11-12H,2,5-6,8,14H2,1H3. The summed E-state index contributed by atoms with van der Waals surface area (Å²) in [5.41, 5.74) is 8.12. The van der Waals surface area contributed by atoms with E-state index in [4.69, 9.17) is 5.73 Å². The average Bonchev–Trinajstić information content (AvgIpc) is 2.67. The van der Waals surface area contributed by atoms with Gasteiger partial charge >= 0.3 is 0 Å². The van der Waals surface area contributed by atoms with Crippen LogP contribution in [0.3, 0.4) is 0 Å². The highest BCUT2D eigenvalue weighted by Gasteiger charge is 2.25. The number of hydrogen-bond acceptors (Lipinski definition) is 3. The number of nitro groups is 1. The largest absolute Gasteiger partial charge is 0.327 e. The van der Waals surface area contributed by atoms with Crippen molar-refractivity contribution in [2.75, 3.05) is 0 Å². The Morgan fingerprint density at radius 3 is 2.82 bits per heavy atom. The van der Waals surface area contributed by atoms with E-state index in [1.54, 1.807) is 12.1 Å². The van der Waals surface area contributed by atoms with Crippen LogP contribution in [0, 0.1) is 23.0 Å². The molecule has 4 nitrogen and oxygen atoms in total. The molecule has 17 heavy (non-hydrogen) atoms. The highest BCUT2D eigenvalue weighted by molar-refractivity contribution is 5.44. The molecule has 1 fully saturated rings. The highest BCUT2D eigenvalue weighted by Crippen LogP contribution is 2.30. The van der Waals surface area contributed by atoms with Crippen LogP contribution >= 0.6 is 0 Å². The molecule has 0 radical (unpaired) electrons. The lowest BCUT2D eigenvalue weighted by Gasteiger charge is -2.16. The molecule has 0 aliphatic heterocycles. The van der Waals surface area contributed by atoms with Crippen LogP contribution in [0.5, 0.6) is 0 Å². The molecule has 2 unspecified atom stereocenters. The van der Waals surface area contributed by atoms with Crippen LogP contribution in [0.1, 0.15) is 30.4 Å². The molecule has 0 aromatic heterocycles. The Hall–Kier alpha value is -1.42. The van der Waals surface area contributed by atoms with E-state index in [-0.39, 0.29) is 16.7 Å². The first-order chi connectivity index (χ1) is 8.09. The molecule has 1 saturated carbocycles. The van der Waals surface area contributed by atoms with Crippen molar-refractivity contribution >= 4 is 5.69 Å². The van der Waals surface area contributed by atoms with Gasteiger partial charge in [-0.2, -0.15) is 0 Å². The van der Waals surface area contributed by atoms with Crippen LogP contribution in [-0.2, 0) is 6.42 Å². The second-order valence-corrected chi connectivity index (χ2v) is 4.88. The highest BCUT2D eigenvalue weighted by atomic mass is 16.6. The Balaban J connectivity index is 2.21. The summed E-state index contributed by atoms with van der Waals surface area (Å²) in [5.74, 6) is 0.482. The van der Waals surface area contributed by atoms with Crippen LogP contribution < -0.4 is 5.73 Å². The van der Waals surface area contributed by atoms with E-state index in [2.05, 4.69) is 0 Å². The van der Waals surface area contributed by atoms with Gasteiger partial charge in [0.25, 0.3) is 5.69 Å². The van der Waals surface area contributed by atoms with Crippen molar-refractivity contribution in [3.63, 3.8) is 0 Å². The molecule has 4 heteroatoms. The van der Waals surface area contributed by atoms with Gasteiger partial charge in [-0.1, -0.05) is 18.6 Å². The van der Waals surface area contributed by atoms with Gasteiger partial charge in [0.05, 0.1) is 4.92 Å². The zero-order chi connectivity index (χ0) is 12.4. The van der Waals surface area contributed by atoms with Gasteiger partial charge in [0.1, 0.15) is 0 Å². The van der Waals surface area contributed by atoms with Gasteiger partial charge in [-0.25, -0.2) is 0 Å². The Morgan fingerprint density at radius 1 is 1.47 bits per heavy atom. The van der Waals surface area contributed by atoms with Crippen molar-refractivity contribution in [1.29, 1.82) is 0 Å². The summed E-state index contributed by atoms with van der Waals surface area (Å²) in [5, 5.41) is 10.9. The lowest BCUT2D eigenvalue weighted by molar-refractivity contribution is -0.385. The first kappa shape index (κ1) is 12.0. The zero-order valence-corrected chi connectivity index (χ0v) is 10.1. The topological polar surface area (TPSA) is 69.2 Å². The van der Waals surface area contributed by atoms with Crippen LogP contribution in [-0.4, -0.2) is 11.0 Å². The minimum atomic E-state index is -0.312. The Kier molecular flexibility index (Phi) is 3.43. The van der Waals surface area contributed by atoms with E-state index >= 15 is 0 Å². The molecule has 0 heterocycles. The van der Waals surface area contributed by atoms with Gasteiger partial charge in [-0.3, -0.25) is 10.1 Å². The maximum atomic E-state index is 10.9. The van der Waals surface area contributed by atoms with Gasteiger partial charge in [0, 0.05) is 17.7 Å². The van der Waals surface area contributed by atoms with E-state index in [1.807, 2.05) is 13.0 Å². The van der Waals surface area contributed by atoms with Crippen molar-refractivity contribution in [1.82, 2.24) is 0 Å². The van der Waals surface area contributed by atoms with Crippen molar-refractivity contribution in [3.05, 3.63) is 39.4 Å². The van der Waals surface area contributed by atoms with Crippen molar-refractivity contribution in [2.24, 2.45) is 11.7 Å². The van der Waals surface area contributed by atoms with Crippen LogP contribution in [0.4, 0.5) is 5.69 Å². The SMILES string of the molecule is Cc1c(CC2CCCC2N)cccc1[N+](=O)[O-]. The Labute approximate surface area is 101 Å². The average molecular weight is 234 g/mol. The predicted octanol–water partition coefficient (Wildman–Crippen LogP) is 2.57. The second kappa shape index (κ2) is 4.84. The smallest absolute Gasteiger partial charge is 0.272 e. The fourth-order valence-electron chi connectivity index (χ4n) is 2.69. The number of nitrogens with zero attached hydrogens (tertiary/aromatic N) is 1. The minimum Gasteiger partial charge on any atom is -0.327 e. The molecule has 2 atom stereocenters. The summed E-state index contributed by atoms with van der Waals surface area (Å²) in [7, 11) is 0. The fourth-order valence-corrected chi connectivity index (χ4v) is 2.69. The molecule has 0 saturated heterocycles. The molecule has 0 amide bonds. The van der Waals surface area contributed by atoms with Crippen LogP contribution in [0.2, 0.25) is 0 Å². The summed E-state index contributed by atoms with van der Waals surface area (Å²) < 4.78 is 0. The molecule has 0 bridgehead atoms. The number of hydrogen-bond donors (Lipinski definition) is 1. The molecule has 92 valence electrons. The van der Waals surface area contributed by atoms with Crippen molar-refractivity contribution in [3.8, 4) is 0 Å². The summed E-state index contributed by atoms with van der Waals surface area (Å²) in [4.78, 5) is 10.5. The normalized spacial score (nSPS) is 23.9. The van der Waals surface area contributed by atoms with Gasteiger partial charge in [0.2, 0.25) is 0 Å². The number of benzene rings is 1. The van der Waals surface area contributed by atoms with Gasteiger partial charge in [-0.05, 0) is 37.7 Å². The summed E-state index contributed by atoms with van der Waals surface area (Å²) in [6.07, 6.45) is 4.27. The molecule has 1 aromatic rings. The summed E-state index contributed by atoms with van der Waals surface area (Å²) in [6, 6.07) is 5.57. The Bertz CT molecular complexity index is 431. The summed E-state index contributed by atoms with van der Waals surface area (Å²) in [6.45, 7) is 1.83. The van der Waals surface area contributed by atoms with E-state index in [0.29, 0.717) is 5.92 Å². The predicted molar refractivity (Wildman–Crippen MR) is 66.9 cm³/mol. The number of nitro benzene ring substituents is 1. The van der Waals surface area contributed by atoms with E-state index in [1.165, 1.54) is 6.42 Å². The van der Waals surface area contributed by atoms with Gasteiger partial charge in [-0.15, -0.1) is 0 Å². The van der Waals surface area contributed by atoms with E-state index in [9.17, 15) is 10.1 Å². The molecule has 1 aromatic carbocycles. The van der Waals surface area contributed by atoms with Crippen LogP contribution in [0.25, 0.3) is 0 Å². The zero-order valence-electron chi connectivity index (χ0n) is 10.1. The van der Waals surface area contributed by atoms with Crippen molar-refractivity contribution < 1.29 is 4.92 Å². The molecule has 0 spiro atoms. The van der Waals surface area contributed by atoms with E-state index in [0.717, 1.165) is 30.4 Å².